The first-order chi connectivity index (χ1) is 10.5. The number of nitrogens with zero attached hydrogens (tertiary/aromatic N) is 1. The number of carbonyl (C=O) groups is 1. The van der Waals surface area contributed by atoms with Crippen molar-refractivity contribution in [1.29, 1.82) is 0 Å². The predicted octanol–water partition coefficient (Wildman–Crippen LogP) is 0.585. The average Bonchev–Trinajstić information content (AvgIpc) is 2.53. The van der Waals surface area contributed by atoms with Crippen LogP contribution in [0.4, 0.5) is 0 Å². The van der Waals surface area contributed by atoms with Crippen molar-refractivity contribution in [2.24, 2.45) is 0 Å². The van der Waals surface area contributed by atoms with E-state index in [1.807, 2.05) is 6.92 Å². The van der Waals surface area contributed by atoms with Crippen molar-refractivity contribution < 1.29 is 13.2 Å². The van der Waals surface area contributed by atoms with Gasteiger partial charge in [0.25, 0.3) is 5.91 Å². The quantitative estimate of drug-likeness (QED) is 0.777. The molecule has 1 saturated heterocycles. The number of benzene rings is 1. The largest absolute Gasteiger partial charge is 0.333 e. The van der Waals surface area contributed by atoms with Gasteiger partial charge in [0.1, 0.15) is 0 Å². The molecular weight excluding hydrogens is 302 g/mol. The van der Waals surface area contributed by atoms with Crippen molar-refractivity contribution in [3.8, 4) is 0 Å². The Kier molecular flexibility index (Phi) is 5.33. The molecule has 1 atom stereocenters. The summed E-state index contributed by atoms with van der Waals surface area (Å²) in [7, 11) is -3.56. The highest BCUT2D eigenvalue weighted by molar-refractivity contribution is 7.89. The lowest BCUT2D eigenvalue weighted by Gasteiger charge is -2.34. The molecule has 0 saturated carbocycles. The number of piperazine rings is 1. The monoisotopic (exact) mass is 323 g/mol. The molecule has 1 unspecified atom stereocenters. The first-order valence-electron chi connectivity index (χ1n) is 7.18. The molecule has 1 aliphatic heterocycles. The first kappa shape index (κ1) is 16.7. The zero-order valence-corrected chi connectivity index (χ0v) is 13.4. The van der Waals surface area contributed by atoms with Gasteiger partial charge in [-0.15, -0.1) is 6.58 Å². The number of sulfonamides is 1. The summed E-state index contributed by atoms with van der Waals surface area (Å²) in [5.74, 6) is -0.0722. The summed E-state index contributed by atoms with van der Waals surface area (Å²) in [6.07, 6.45) is 1.47. The Morgan fingerprint density at radius 2 is 2.14 bits per heavy atom. The SMILES string of the molecule is C=CCNS(=O)(=O)c1ccc(C(=O)N2CCNCC2C)cc1. The molecule has 1 fully saturated rings. The van der Waals surface area contributed by atoms with E-state index in [0.717, 1.165) is 13.1 Å². The summed E-state index contributed by atoms with van der Waals surface area (Å²) in [5, 5.41) is 3.23. The second-order valence-electron chi connectivity index (χ2n) is 5.22. The molecule has 0 aromatic heterocycles. The first-order valence-corrected chi connectivity index (χ1v) is 8.66. The van der Waals surface area contributed by atoms with Gasteiger partial charge in [-0.1, -0.05) is 6.08 Å². The molecule has 6 nitrogen and oxygen atoms in total. The number of amides is 1. The Morgan fingerprint density at radius 3 is 2.73 bits per heavy atom. The fourth-order valence-corrected chi connectivity index (χ4v) is 3.34. The minimum atomic E-state index is -3.56. The van der Waals surface area contributed by atoms with E-state index in [1.54, 1.807) is 17.0 Å². The van der Waals surface area contributed by atoms with E-state index in [4.69, 9.17) is 0 Å². The smallest absolute Gasteiger partial charge is 0.254 e. The van der Waals surface area contributed by atoms with Crippen LogP contribution in [0.2, 0.25) is 0 Å². The molecule has 0 bridgehead atoms. The Balaban J connectivity index is 2.14. The van der Waals surface area contributed by atoms with Crippen LogP contribution in [-0.4, -0.2) is 51.4 Å². The molecule has 1 aromatic carbocycles. The molecule has 1 aliphatic rings. The van der Waals surface area contributed by atoms with E-state index >= 15 is 0 Å². The molecule has 1 heterocycles. The third-order valence-corrected chi connectivity index (χ3v) is 5.03. The van der Waals surface area contributed by atoms with Gasteiger partial charge in [0.2, 0.25) is 10.0 Å². The molecule has 1 aromatic rings. The third-order valence-electron chi connectivity index (χ3n) is 3.59. The van der Waals surface area contributed by atoms with Crippen molar-refractivity contribution in [2.45, 2.75) is 17.9 Å². The number of hydrogen-bond acceptors (Lipinski definition) is 4. The van der Waals surface area contributed by atoms with Crippen LogP contribution in [0.15, 0.2) is 41.8 Å². The summed E-state index contributed by atoms with van der Waals surface area (Å²) in [6.45, 7) is 7.82. The van der Waals surface area contributed by atoms with Crippen molar-refractivity contribution in [3.63, 3.8) is 0 Å². The molecule has 0 radical (unpaired) electrons. The highest BCUT2D eigenvalue weighted by atomic mass is 32.2. The van der Waals surface area contributed by atoms with E-state index < -0.39 is 10.0 Å². The number of hydrogen-bond donors (Lipinski definition) is 2. The maximum absolute atomic E-state index is 12.5. The number of carbonyl (C=O) groups excluding carboxylic acids is 1. The molecule has 7 heteroatoms. The van der Waals surface area contributed by atoms with Crippen LogP contribution >= 0.6 is 0 Å². The van der Waals surface area contributed by atoms with Gasteiger partial charge < -0.3 is 10.2 Å². The van der Waals surface area contributed by atoms with E-state index in [2.05, 4.69) is 16.6 Å². The highest BCUT2D eigenvalue weighted by Crippen LogP contribution is 2.14. The van der Waals surface area contributed by atoms with E-state index in [0.29, 0.717) is 12.1 Å². The lowest BCUT2D eigenvalue weighted by atomic mass is 10.1. The maximum atomic E-state index is 12.5. The Hall–Kier alpha value is -1.70. The number of nitrogens with one attached hydrogen (secondary N) is 2. The molecular formula is C15H21N3O3S. The van der Waals surface area contributed by atoms with Gasteiger partial charge in [-0.3, -0.25) is 4.79 Å². The third kappa shape index (κ3) is 3.73. The molecule has 120 valence electrons. The minimum absolute atomic E-state index is 0.0722. The normalized spacial score (nSPS) is 19.0. The Bertz CT molecular complexity index is 641. The Labute approximate surface area is 131 Å². The van der Waals surface area contributed by atoms with Gasteiger partial charge in [-0.25, -0.2) is 13.1 Å². The number of rotatable bonds is 5. The van der Waals surface area contributed by atoms with Crippen LogP contribution in [0.1, 0.15) is 17.3 Å². The lowest BCUT2D eigenvalue weighted by Crippen LogP contribution is -2.52. The standard InChI is InChI=1S/C15H21N3O3S/c1-3-8-17-22(20,21)14-6-4-13(5-7-14)15(19)18-10-9-16-11-12(18)2/h3-7,12,16-17H,1,8-11H2,2H3. The molecule has 1 amide bonds. The zero-order chi connectivity index (χ0) is 16.2. The van der Waals surface area contributed by atoms with Crippen molar-refractivity contribution in [1.82, 2.24) is 14.9 Å². The molecule has 22 heavy (non-hydrogen) atoms. The lowest BCUT2D eigenvalue weighted by molar-refractivity contribution is 0.0655. The molecule has 0 spiro atoms. The second kappa shape index (κ2) is 7.04. The molecule has 2 N–H and O–H groups in total. The average molecular weight is 323 g/mol. The highest BCUT2D eigenvalue weighted by Gasteiger charge is 2.24. The van der Waals surface area contributed by atoms with Crippen LogP contribution < -0.4 is 10.0 Å². The molecule has 0 aliphatic carbocycles. The maximum Gasteiger partial charge on any atom is 0.254 e. The fourth-order valence-electron chi connectivity index (χ4n) is 2.34. The molecule has 2 rings (SSSR count). The van der Waals surface area contributed by atoms with E-state index in [-0.39, 0.29) is 23.4 Å². The van der Waals surface area contributed by atoms with Gasteiger partial charge in [0.05, 0.1) is 4.90 Å². The Morgan fingerprint density at radius 1 is 1.45 bits per heavy atom. The van der Waals surface area contributed by atoms with Gasteiger partial charge >= 0.3 is 0 Å². The summed E-state index contributed by atoms with van der Waals surface area (Å²) < 4.78 is 26.3. The van der Waals surface area contributed by atoms with Crippen LogP contribution in [0, 0.1) is 0 Å². The fraction of sp³-hybridized carbons (Fsp3) is 0.400. The summed E-state index contributed by atoms with van der Waals surface area (Å²) >= 11 is 0. The van der Waals surface area contributed by atoms with Crippen LogP contribution in [0.3, 0.4) is 0 Å². The van der Waals surface area contributed by atoms with Crippen LogP contribution in [0.5, 0.6) is 0 Å². The van der Waals surface area contributed by atoms with Crippen LogP contribution in [0.25, 0.3) is 0 Å². The van der Waals surface area contributed by atoms with E-state index in [1.165, 1.54) is 18.2 Å². The van der Waals surface area contributed by atoms with Gasteiger partial charge in [0.15, 0.2) is 0 Å². The van der Waals surface area contributed by atoms with Crippen molar-refractivity contribution >= 4 is 15.9 Å². The van der Waals surface area contributed by atoms with Crippen LogP contribution in [-0.2, 0) is 10.0 Å². The van der Waals surface area contributed by atoms with Crippen molar-refractivity contribution in [2.75, 3.05) is 26.2 Å². The minimum Gasteiger partial charge on any atom is -0.333 e. The van der Waals surface area contributed by atoms with Gasteiger partial charge in [0, 0.05) is 37.8 Å². The summed E-state index contributed by atoms with van der Waals surface area (Å²) in [6, 6.07) is 6.13. The second-order valence-corrected chi connectivity index (χ2v) is 6.98. The van der Waals surface area contributed by atoms with Gasteiger partial charge in [-0.2, -0.15) is 0 Å². The predicted molar refractivity (Wildman–Crippen MR) is 85.2 cm³/mol. The van der Waals surface area contributed by atoms with Gasteiger partial charge in [-0.05, 0) is 31.2 Å². The topological polar surface area (TPSA) is 78.5 Å². The van der Waals surface area contributed by atoms with E-state index in [9.17, 15) is 13.2 Å². The summed E-state index contributed by atoms with van der Waals surface area (Å²) in [4.78, 5) is 14.4. The van der Waals surface area contributed by atoms with Crippen molar-refractivity contribution in [3.05, 3.63) is 42.5 Å². The zero-order valence-electron chi connectivity index (χ0n) is 12.6. The summed E-state index contributed by atoms with van der Waals surface area (Å²) in [5.41, 5.74) is 0.497.